The van der Waals surface area contributed by atoms with E-state index in [-0.39, 0.29) is 0 Å². The Kier molecular flexibility index (Phi) is 4.35. The molecule has 0 amide bonds. The van der Waals surface area contributed by atoms with Crippen LogP contribution in [-0.2, 0) is 4.74 Å². The molecule has 3 heteroatoms. The fourth-order valence-corrected chi connectivity index (χ4v) is 3.25. The van der Waals surface area contributed by atoms with E-state index in [2.05, 4.69) is 44.8 Å². The summed E-state index contributed by atoms with van der Waals surface area (Å²) in [6.45, 7) is 14.8. The fourth-order valence-electron chi connectivity index (χ4n) is 3.25. The van der Waals surface area contributed by atoms with E-state index in [0.29, 0.717) is 23.6 Å². The Morgan fingerprint density at radius 2 is 1.94 bits per heavy atom. The summed E-state index contributed by atoms with van der Waals surface area (Å²) in [5, 5.41) is 3.72. The number of nitrogens with zero attached hydrogens (tertiary/aromatic N) is 1. The molecule has 2 heterocycles. The highest BCUT2D eigenvalue weighted by atomic mass is 16.5. The van der Waals surface area contributed by atoms with E-state index in [9.17, 15) is 0 Å². The molecule has 2 aliphatic rings. The minimum Gasteiger partial charge on any atom is -0.378 e. The van der Waals surface area contributed by atoms with Gasteiger partial charge < -0.3 is 10.1 Å². The van der Waals surface area contributed by atoms with Gasteiger partial charge in [0.25, 0.3) is 0 Å². The van der Waals surface area contributed by atoms with E-state index in [1.165, 1.54) is 19.4 Å². The molecule has 2 rings (SSSR count). The molecule has 1 N–H and O–H groups in total. The minimum atomic E-state index is 0.342. The molecule has 0 bridgehead atoms. The van der Waals surface area contributed by atoms with Crippen LogP contribution in [0.3, 0.4) is 0 Å². The maximum atomic E-state index is 5.69. The van der Waals surface area contributed by atoms with Gasteiger partial charge in [0.2, 0.25) is 0 Å². The minimum absolute atomic E-state index is 0.342. The van der Waals surface area contributed by atoms with Gasteiger partial charge in [0.15, 0.2) is 0 Å². The second-order valence-electron chi connectivity index (χ2n) is 7.23. The molecule has 0 radical (unpaired) electrons. The third-order valence-corrected chi connectivity index (χ3v) is 4.59. The van der Waals surface area contributed by atoms with Gasteiger partial charge in [-0.2, -0.15) is 0 Å². The highest BCUT2D eigenvalue weighted by molar-refractivity contribution is 4.94. The predicted octanol–water partition coefficient (Wildman–Crippen LogP) is 2.26. The third-order valence-electron chi connectivity index (χ3n) is 4.59. The Labute approximate surface area is 112 Å². The van der Waals surface area contributed by atoms with Gasteiger partial charge >= 0.3 is 0 Å². The predicted molar refractivity (Wildman–Crippen MR) is 75.8 cm³/mol. The van der Waals surface area contributed by atoms with Crippen LogP contribution in [0.1, 0.15) is 47.5 Å². The first kappa shape index (κ1) is 14.3. The average Bonchev–Trinajstić information content (AvgIpc) is 2.28. The monoisotopic (exact) mass is 254 g/mol. The number of piperazine rings is 1. The van der Waals surface area contributed by atoms with Crippen molar-refractivity contribution in [3.05, 3.63) is 0 Å². The van der Waals surface area contributed by atoms with Crippen molar-refractivity contribution in [1.82, 2.24) is 10.2 Å². The lowest BCUT2D eigenvalue weighted by atomic mass is 9.84. The van der Waals surface area contributed by atoms with Crippen LogP contribution in [0.25, 0.3) is 0 Å². The van der Waals surface area contributed by atoms with Crippen LogP contribution in [0.2, 0.25) is 0 Å². The van der Waals surface area contributed by atoms with Gasteiger partial charge in [-0.3, -0.25) is 4.90 Å². The second kappa shape index (κ2) is 5.48. The summed E-state index contributed by atoms with van der Waals surface area (Å²) in [5.41, 5.74) is 0.342. The Hall–Kier alpha value is -0.120. The van der Waals surface area contributed by atoms with Crippen LogP contribution in [0.4, 0.5) is 0 Å². The van der Waals surface area contributed by atoms with Gasteiger partial charge in [-0.25, -0.2) is 0 Å². The van der Waals surface area contributed by atoms with Crippen molar-refractivity contribution in [3.8, 4) is 0 Å². The van der Waals surface area contributed by atoms with Crippen LogP contribution in [0.15, 0.2) is 0 Å². The Morgan fingerprint density at radius 1 is 1.22 bits per heavy atom. The van der Waals surface area contributed by atoms with Crippen molar-refractivity contribution in [2.24, 2.45) is 5.41 Å². The quantitative estimate of drug-likeness (QED) is 0.777. The molecule has 2 aliphatic heterocycles. The molecular formula is C15H30N2O. The topological polar surface area (TPSA) is 24.5 Å². The van der Waals surface area contributed by atoms with Gasteiger partial charge in [-0.15, -0.1) is 0 Å². The normalized spacial score (nSPS) is 39.8. The molecule has 0 aromatic heterocycles. The van der Waals surface area contributed by atoms with E-state index in [4.69, 9.17) is 4.74 Å². The molecule has 0 saturated carbocycles. The van der Waals surface area contributed by atoms with Crippen molar-refractivity contribution >= 4 is 0 Å². The van der Waals surface area contributed by atoms with Gasteiger partial charge in [-0.05, 0) is 32.1 Å². The Morgan fingerprint density at radius 3 is 2.56 bits per heavy atom. The lowest BCUT2D eigenvalue weighted by Gasteiger charge is -2.48. The second-order valence-corrected chi connectivity index (χ2v) is 7.23. The van der Waals surface area contributed by atoms with Gasteiger partial charge in [0, 0.05) is 37.8 Å². The maximum Gasteiger partial charge on any atom is 0.0561 e. The fraction of sp³-hybridized carbons (Fsp3) is 1.00. The van der Waals surface area contributed by atoms with Crippen molar-refractivity contribution in [3.63, 3.8) is 0 Å². The summed E-state index contributed by atoms with van der Waals surface area (Å²) in [7, 11) is 0. The molecule has 106 valence electrons. The SMILES string of the molecule is CC1CC(N2CC(C(C)(C)C)NCC2C)CCO1. The molecule has 0 aliphatic carbocycles. The molecule has 4 atom stereocenters. The van der Waals surface area contributed by atoms with Crippen molar-refractivity contribution in [2.45, 2.75) is 71.7 Å². The zero-order valence-electron chi connectivity index (χ0n) is 12.7. The summed E-state index contributed by atoms with van der Waals surface area (Å²) in [6, 6.07) is 1.97. The molecule has 0 aromatic carbocycles. The van der Waals surface area contributed by atoms with Gasteiger partial charge in [0.1, 0.15) is 0 Å². The zero-order valence-corrected chi connectivity index (χ0v) is 12.7. The largest absolute Gasteiger partial charge is 0.378 e. The average molecular weight is 254 g/mol. The molecule has 3 nitrogen and oxygen atoms in total. The summed E-state index contributed by atoms with van der Waals surface area (Å²) < 4.78 is 5.69. The Bertz CT molecular complexity index is 274. The van der Waals surface area contributed by atoms with Crippen molar-refractivity contribution in [2.75, 3.05) is 19.7 Å². The zero-order chi connectivity index (χ0) is 13.3. The molecule has 2 saturated heterocycles. The van der Waals surface area contributed by atoms with Crippen molar-refractivity contribution in [1.29, 1.82) is 0 Å². The molecule has 4 unspecified atom stereocenters. The number of hydrogen-bond donors (Lipinski definition) is 1. The van der Waals surface area contributed by atoms with E-state index in [1.54, 1.807) is 0 Å². The third kappa shape index (κ3) is 3.25. The van der Waals surface area contributed by atoms with E-state index >= 15 is 0 Å². The molecule has 2 fully saturated rings. The summed E-state index contributed by atoms with van der Waals surface area (Å²) >= 11 is 0. The first-order valence-corrected chi connectivity index (χ1v) is 7.48. The van der Waals surface area contributed by atoms with Crippen LogP contribution >= 0.6 is 0 Å². The lowest BCUT2D eigenvalue weighted by molar-refractivity contribution is -0.0411. The molecule has 0 spiro atoms. The molecule has 0 aromatic rings. The Balaban J connectivity index is 2.01. The first-order valence-electron chi connectivity index (χ1n) is 7.48. The van der Waals surface area contributed by atoms with E-state index < -0.39 is 0 Å². The highest BCUT2D eigenvalue weighted by Crippen LogP contribution is 2.28. The number of nitrogens with one attached hydrogen (secondary N) is 1. The van der Waals surface area contributed by atoms with Crippen LogP contribution in [0.5, 0.6) is 0 Å². The van der Waals surface area contributed by atoms with Crippen LogP contribution < -0.4 is 5.32 Å². The van der Waals surface area contributed by atoms with Gasteiger partial charge in [0.05, 0.1) is 6.10 Å². The van der Waals surface area contributed by atoms with Crippen LogP contribution in [0, 0.1) is 5.41 Å². The van der Waals surface area contributed by atoms with Crippen LogP contribution in [-0.4, -0.2) is 48.8 Å². The first-order chi connectivity index (χ1) is 8.38. The lowest BCUT2D eigenvalue weighted by Crippen LogP contribution is -2.62. The van der Waals surface area contributed by atoms with E-state index in [1.807, 2.05) is 0 Å². The van der Waals surface area contributed by atoms with Gasteiger partial charge in [-0.1, -0.05) is 20.8 Å². The van der Waals surface area contributed by atoms with Crippen molar-refractivity contribution < 1.29 is 4.74 Å². The summed E-state index contributed by atoms with van der Waals surface area (Å²) in [6.07, 6.45) is 2.83. The summed E-state index contributed by atoms with van der Waals surface area (Å²) in [5.74, 6) is 0. The van der Waals surface area contributed by atoms with E-state index in [0.717, 1.165) is 19.2 Å². The molecule has 18 heavy (non-hydrogen) atoms. The highest BCUT2D eigenvalue weighted by Gasteiger charge is 2.36. The maximum absolute atomic E-state index is 5.69. The number of ether oxygens (including phenoxy) is 1. The molecular weight excluding hydrogens is 224 g/mol. The number of hydrogen-bond acceptors (Lipinski definition) is 3. The number of rotatable bonds is 1. The summed E-state index contributed by atoms with van der Waals surface area (Å²) in [4.78, 5) is 2.73. The standard InChI is InChI=1S/C15H30N2O/c1-11-9-16-14(15(3,4)5)10-17(11)13-6-7-18-12(2)8-13/h11-14,16H,6-10H2,1-5H3. The smallest absolute Gasteiger partial charge is 0.0561 e.